The van der Waals surface area contributed by atoms with Crippen molar-refractivity contribution in [3.63, 3.8) is 0 Å². The summed E-state index contributed by atoms with van der Waals surface area (Å²) in [5, 5.41) is 7.74. The molecule has 14 rings (SSSR count). The maximum atomic E-state index is 2.56. The lowest BCUT2D eigenvalue weighted by atomic mass is 9.67. The molecular weight excluding hydrogens is 807 g/mol. The van der Waals surface area contributed by atoms with Crippen LogP contribution in [0.1, 0.15) is 59.1 Å². The molecule has 0 amide bonds. The van der Waals surface area contributed by atoms with Gasteiger partial charge in [0.1, 0.15) is 0 Å². The summed E-state index contributed by atoms with van der Waals surface area (Å²) in [6.45, 7) is 0. The average molecular weight is 854 g/mol. The molecule has 1 heteroatoms. The highest BCUT2D eigenvalue weighted by Crippen LogP contribution is 2.60. The van der Waals surface area contributed by atoms with Crippen molar-refractivity contribution in [1.82, 2.24) is 0 Å². The Morgan fingerprint density at radius 3 is 1.39 bits per heavy atom. The van der Waals surface area contributed by atoms with E-state index in [1.807, 2.05) is 0 Å². The molecule has 1 spiro atoms. The van der Waals surface area contributed by atoms with Crippen LogP contribution in [-0.2, 0) is 10.8 Å². The third kappa shape index (κ3) is 5.49. The molecule has 0 heterocycles. The van der Waals surface area contributed by atoms with Crippen LogP contribution in [0.5, 0.6) is 0 Å². The number of nitrogens with zero attached hydrogens (tertiary/aromatic N) is 1. The fourth-order valence-electron chi connectivity index (χ4n) is 13.0. The van der Waals surface area contributed by atoms with Crippen LogP contribution in [0.3, 0.4) is 0 Å². The highest BCUT2D eigenvalue weighted by atomic mass is 15.1. The summed E-state index contributed by atoms with van der Waals surface area (Å²) in [6.07, 6.45) is 4.89. The number of anilines is 3. The molecular formula is C66H47N. The SMILES string of the molecule is c1ccc(C2(c3ccccc3)c3ccccc3-c3ccc(N(c4cccc(-c5ccc6c7ccccc7c7ccccc7c6c5)c4)c4ccc5c(c4)C4(CCCC4)c4ccccc4-5)cc32)cc1. The van der Waals surface area contributed by atoms with Crippen LogP contribution < -0.4 is 4.90 Å². The van der Waals surface area contributed by atoms with Gasteiger partial charge in [-0.3, -0.25) is 0 Å². The van der Waals surface area contributed by atoms with Gasteiger partial charge in [-0.15, -0.1) is 0 Å². The second kappa shape index (κ2) is 14.8. The maximum absolute atomic E-state index is 2.56. The Bertz CT molecular complexity index is 3690. The molecule has 1 nitrogen and oxygen atoms in total. The van der Waals surface area contributed by atoms with Crippen molar-refractivity contribution in [2.45, 2.75) is 36.5 Å². The summed E-state index contributed by atoms with van der Waals surface area (Å²) in [4.78, 5) is 2.55. The van der Waals surface area contributed by atoms with Gasteiger partial charge in [-0.2, -0.15) is 0 Å². The number of hydrogen-bond donors (Lipinski definition) is 0. The number of rotatable bonds is 6. The molecule has 11 aromatic carbocycles. The topological polar surface area (TPSA) is 3.24 Å². The van der Waals surface area contributed by atoms with Crippen molar-refractivity contribution < 1.29 is 0 Å². The summed E-state index contributed by atoms with van der Waals surface area (Å²) in [5.74, 6) is 0. The van der Waals surface area contributed by atoms with Gasteiger partial charge in [-0.25, -0.2) is 0 Å². The first-order chi connectivity index (χ1) is 33.2. The van der Waals surface area contributed by atoms with Gasteiger partial charge in [0.05, 0.1) is 5.41 Å². The first kappa shape index (κ1) is 38.3. The molecule has 67 heavy (non-hydrogen) atoms. The molecule has 0 N–H and O–H groups in total. The van der Waals surface area contributed by atoms with Gasteiger partial charge in [0.2, 0.25) is 0 Å². The monoisotopic (exact) mass is 853 g/mol. The minimum atomic E-state index is -0.510. The normalized spacial score (nSPS) is 14.9. The van der Waals surface area contributed by atoms with Crippen molar-refractivity contribution in [3.05, 3.63) is 270 Å². The van der Waals surface area contributed by atoms with Crippen molar-refractivity contribution in [2.75, 3.05) is 4.90 Å². The van der Waals surface area contributed by atoms with Crippen LogP contribution in [-0.4, -0.2) is 0 Å². The lowest BCUT2D eigenvalue weighted by Crippen LogP contribution is -2.28. The highest BCUT2D eigenvalue weighted by Gasteiger charge is 2.47. The van der Waals surface area contributed by atoms with Crippen molar-refractivity contribution >= 4 is 49.4 Å². The Morgan fingerprint density at radius 2 is 0.746 bits per heavy atom. The Morgan fingerprint density at radius 1 is 0.284 bits per heavy atom. The lowest BCUT2D eigenvalue weighted by molar-refractivity contribution is 0.550. The van der Waals surface area contributed by atoms with Gasteiger partial charge in [0.15, 0.2) is 0 Å². The molecule has 0 atom stereocenters. The molecule has 0 radical (unpaired) electrons. The van der Waals surface area contributed by atoms with Crippen LogP contribution in [0.15, 0.2) is 237 Å². The molecule has 316 valence electrons. The van der Waals surface area contributed by atoms with Gasteiger partial charge in [0, 0.05) is 22.5 Å². The fourth-order valence-corrected chi connectivity index (χ4v) is 13.0. The van der Waals surface area contributed by atoms with Crippen LogP contribution in [0.2, 0.25) is 0 Å². The Balaban J connectivity index is 1.00. The summed E-state index contributed by atoms with van der Waals surface area (Å²) in [7, 11) is 0. The van der Waals surface area contributed by atoms with Crippen LogP contribution in [0, 0.1) is 0 Å². The quantitative estimate of drug-likeness (QED) is 0.151. The van der Waals surface area contributed by atoms with E-state index >= 15 is 0 Å². The van der Waals surface area contributed by atoms with Crippen molar-refractivity contribution in [1.29, 1.82) is 0 Å². The molecule has 0 aromatic heterocycles. The molecule has 1 saturated carbocycles. The molecule has 0 saturated heterocycles. The largest absolute Gasteiger partial charge is 0.310 e. The molecule has 11 aromatic rings. The average Bonchev–Trinajstić information content (AvgIpc) is 4.09. The lowest BCUT2D eigenvalue weighted by Gasteiger charge is -2.35. The van der Waals surface area contributed by atoms with E-state index in [0.717, 1.165) is 11.4 Å². The second-order valence-electron chi connectivity index (χ2n) is 19.1. The Labute approximate surface area is 392 Å². The first-order valence-corrected chi connectivity index (χ1v) is 24.0. The van der Waals surface area contributed by atoms with E-state index in [9.17, 15) is 0 Å². The van der Waals surface area contributed by atoms with E-state index < -0.39 is 5.41 Å². The molecule has 3 aliphatic rings. The summed E-state index contributed by atoms with van der Waals surface area (Å²) in [6, 6.07) is 89.4. The van der Waals surface area contributed by atoms with Crippen molar-refractivity contribution in [2.24, 2.45) is 0 Å². The van der Waals surface area contributed by atoms with E-state index in [1.165, 1.54) is 130 Å². The zero-order valence-corrected chi connectivity index (χ0v) is 37.3. The standard InChI is InChI=1S/C66H47N/c1-3-19-46(20-4-1)66(47-21-5-2-6-22-47)62-31-14-12-29-57(62)59-37-34-50(43-64(59)66)67(49-33-36-58-56-28-11-13-30-61(56)65(63(58)42-49)38-15-16-39-65)48-23-17-18-44(40-48)45-32-35-55-53-26-8-7-24-51(53)52-25-9-10-27-54(52)60(55)41-45/h1-14,17-37,40-43H,15-16,38-39H2. The van der Waals surface area contributed by atoms with Gasteiger partial charge < -0.3 is 4.90 Å². The van der Waals surface area contributed by atoms with Crippen molar-refractivity contribution in [3.8, 4) is 33.4 Å². The van der Waals surface area contributed by atoms with E-state index in [4.69, 9.17) is 0 Å². The number of fused-ring (bicyclic) bond motifs is 14. The van der Waals surface area contributed by atoms with Gasteiger partial charge in [-0.1, -0.05) is 207 Å². The molecule has 0 unspecified atom stereocenters. The summed E-state index contributed by atoms with van der Waals surface area (Å²) >= 11 is 0. The number of hydrogen-bond acceptors (Lipinski definition) is 1. The molecule has 0 bridgehead atoms. The zero-order chi connectivity index (χ0) is 44.1. The van der Waals surface area contributed by atoms with E-state index in [0.29, 0.717) is 0 Å². The minimum Gasteiger partial charge on any atom is -0.310 e. The third-order valence-corrected chi connectivity index (χ3v) is 15.8. The molecule has 1 fully saturated rings. The van der Waals surface area contributed by atoms with Gasteiger partial charge in [0.25, 0.3) is 0 Å². The predicted molar refractivity (Wildman–Crippen MR) is 281 cm³/mol. The maximum Gasteiger partial charge on any atom is 0.0714 e. The zero-order valence-electron chi connectivity index (χ0n) is 37.3. The minimum absolute atomic E-state index is 0.0445. The van der Waals surface area contributed by atoms with Crippen LogP contribution >= 0.6 is 0 Å². The van der Waals surface area contributed by atoms with Gasteiger partial charge in [-0.05, 0) is 154 Å². The Hall–Kier alpha value is -8.00. The van der Waals surface area contributed by atoms with E-state index in [-0.39, 0.29) is 5.41 Å². The van der Waals surface area contributed by atoms with E-state index in [1.54, 1.807) is 0 Å². The smallest absolute Gasteiger partial charge is 0.0714 e. The van der Waals surface area contributed by atoms with Gasteiger partial charge >= 0.3 is 0 Å². The number of benzene rings is 11. The first-order valence-electron chi connectivity index (χ1n) is 24.0. The molecule has 0 aliphatic heterocycles. The van der Waals surface area contributed by atoms with E-state index in [2.05, 4.69) is 241 Å². The highest BCUT2D eigenvalue weighted by molar-refractivity contribution is 6.25. The predicted octanol–water partition coefficient (Wildman–Crippen LogP) is 17.5. The second-order valence-corrected chi connectivity index (χ2v) is 19.1. The fraction of sp³-hybridized carbons (Fsp3) is 0.0909. The third-order valence-electron chi connectivity index (χ3n) is 15.8. The summed E-state index contributed by atoms with van der Waals surface area (Å²) in [5.41, 5.74) is 18.9. The Kier molecular flexibility index (Phi) is 8.43. The van der Waals surface area contributed by atoms with Crippen LogP contribution in [0.25, 0.3) is 65.7 Å². The van der Waals surface area contributed by atoms with Crippen LogP contribution in [0.4, 0.5) is 17.1 Å². The molecule has 3 aliphatic carbocycles. The summed E-state index contributed by atoms with van der Waals surface area (Å²) < 4.78 is 0.